The normalized spacial score (nSPS) is 12.5. The first kappa shape index (κ1) is 28.4. The van der Waals surface area contributed by atoms with Gasteiger partial charge >= 0.3 is 51.4 Å². The first-order valence-electron chi connectivity index (χ1n) is 10.3. The predicted molar refractivity (Wildman–Crippen MR) is 107 cm³/mol. The minimum Gasteiger partial charge on any atom is -0.744 e. The van der Waals surface area contributed by atoms with Gasteiger partial charge < -0.3 is 14.8 Å². The van der Waals surface area contributed by atoms with E-state index in [2.05, 4.69) is 6.92 Å². The maximum absolute atomic E-state index is 11.0. The standard InChI is InChI=1S/C21H36O5S.K/c1-3-4-5-6-7-8-9-10-11-12-13-14-17(2)18-15-20(23)21(16-19(18)22)27(24,25)26;/h15-17,22-23H,3-14H2,1-2H3,(H,24,25,26);/q;+1/p-1. The van der Waals surface area contributed by atoms with Crippen LogP contribution in [0.4, 0.5) is 0 Å². The van der Waals surface area contributed by atoms with Crippen molar-refractivity contribution in [1.29, 1.82) is 0 Å². The molecule has 1 atom stereocenters. The van der Waals surface area contributed by atoms with Crippen molar-refractivity contribution in [2.45, 2.75) is 102 Å². The van der Waals surface area contributed by atoms with Crippen LogP contribution in [-0.2, 0) is 10.1 Å². The van der Waals surface area contributed by atoms with Crippen LogP contribution in [0.2, 0.25) is 0 Å². The first-order chi connectivity index (χ1) is 12.8. The number of phenols is 2. The molecule has 0 amide bonds. The summed E-state index contributed by atoms with van der Waals surface area (Å²) in [5.41, 5.74) is 0.479. The van der Waals surface area contributed by atoms with E-state index in [4.69, 9.17) is 0 Å². The third-order valence-corrected chi connectivity index (χ3v) is 6.01. The van der Waals surface area contributed by atoms with Gasteiger partial charge in [-0.3, -0.25) is 0 Å². The minimum atomic E-state index is -4.80. The Balaban J connectivity index is 0.00000729. The van der Waals surface area contributed by atoms with E-state index in [9.17, 15) is 23.2 Å². The molecule has 0 fully saturated rings. The number of rotatable bonds is 14. The zero-order valence-electron chi connectivity index (χ0n) is 17.7. The van der Waals surface area contributed by atoms with Crippen molar-refractivity contribution in [1.82, 2.24) is 0 Å². The van der Waals surface area contributed by atoms with Gasteiger partial charge in [0.1, 0.15) is 21.6 Å². The van der Waals surface area contributed by atoms with Crippen LogP contribution in [0.15, 0.2) is 17.0 Å². The quantitative estimate of drug-likeness (QED) is 0.201. The van der Waals surface area contributed by atoms with Crippen LogP contribution >= 0.6 is 0 Å². The largest absolute Gasteiger partial charge is 1.00 e. The Bertz CT molecular complexity index is 661. The third-order valence-electron chi connectivity index (χ3n) is 5.15. The molecule has 0 radical (unpaired) electrons. The third kappa shape index (κ3) is 10.9. The average Bonchev–Trinajstić information content (AvgIpc) is 2.60. The first-order valence-corrected chi connectivity index (χ1v) is 11.7. The summed E-state index contributed by atoms with van der Waals surface area (Å²) < 4.78 is 33.1. The molecule has 156 valence electrons. The van der Waals surface area contributed by atoms with Gasteiger partial charge in [0.25, 0.3) is 0 Å². The van der Waals surface area contributed by atoms with Gasteiger partial charge in [-0.15, -0.1) is 0 Å². The summed E-state index contributed by atoms with van der Waals surface area (Å²) in [6.07, 6.45) is 14.7. The van der Waals surface area contributed by atoms with E-state index in [0.717, 1.165) is 25.3 Å². The molecule has 0 aliphatic carbocycles. The molecular formula is C21H35KO5S. The molecule has 1 aromatic rings. The topological polar surface area (TPSA) is 97.7 Å². The smallest absolute Gasteiger partial charge is 0.744 e. The second kappa shape index (κ2) is 15.2. The fraction of sp³-hybridized carbons (Fsp3) is 0.714. The van der Waals surface area contributed by atoms with Crippen LogP contribution in [0, 0.1) is 0 Å². The van der Waals surface area contributed by atoms with Crippen molar-refractivity contribution in [2.24, 2.45) is 0 Å². The average molecular weight is 439 g/mol. The Morgan fingerprint density at radius 3 is 1.79 bits per heavy atom. The summed E-state index contributed by atoms with van der Waals surface area (Å²) in [5, 5.41) is 19.8. The van der Waals surface area contributed by atoms with Gasteiger partial charge in [0.2, 0.25) is 0 Å². The van der Waals surface area contributed by atoms with Gasteiger partial charge in [-0.05, 0) is 18.4 Å². The molecule has 2 N–H and O–H groups in total. The summed E-state index contributed by atoms with van der Waals surface area (Å²) in [7, 11) is -4.80. The second-order valence-electron chi connectivity index (χ2n) is 7.56. The van der Waals surface area contributed by atoms with Gasteiger partial charge in [0.15, 0.2) is 0 Å². The molecule has 0 spiro atoms. The summed E-state index contributed by atoms with van der Waals surface area (Å²) in [6, 6.07) is 2.05. The van der Waals surface area contributed by atoms with E-state index in [1.54, 1.807) is 0 Å². The molecule has 0 saturated carbocycles. The van der Waals surface area contributed by atoms with Crippen LogP contribution in [0.25, 0.3) is 0 Å². The molecule has 5 nitrogen and oxygen atoms in total. The Morgan fingerprint density at radius 2 is 1.32 bits per heavy atom. The number of phenolic OH excluding ortho intramolecular Hbond substituents is 2. The number of benzene rings is 1. The van der Waals surface area contributed by atoms with E-state index in [0.29, 0.717) is 5.56 Å². The van der Waals surface area contributed by atoms with E-state index >= 15 is 0 Å². The van der Waals surface area contributed by atoms with Gasteiger partial charge in [0.05, 0.1) is 4.90 Å². The second-order valence-corrected chi connectivity index (χ2v) is 8.91. The molecule has 1 unspecified atom stereocenters. The molecule has 0 aromatic heterocycles. The Labute approximate surface area is 213 Å². The van der Waals surface area contributed by atoms with Crippen molar-refractivity contribution in [3.63, 3.8) is 0 Å². The summed E-state index contributed by atoms with van der Waals surface area (Å²) in [6.45, 7) is 4.16. The van der Waals surface area contributed by atoms with E-state index in [1.807, 2.05) is 6.92 Å². The molecule has 0 aliphatic rings. The minimum absolute atomic E-state index is 0. The summed E-state index contributed by atoms with van der Waals surface area (Å²) >= 11 is 0. The zero-order chi connectivity index (χ0) is 20.3. The van der Waals surface area contributed by atoms with Crippen LogP contribution in [-0.4, -0.2) is 23.2 Å². The number of unbranched alkanes of at least 4 members (excludes halogenated alkanes) is 10. The van der Waals surface area contributed by atoms with Crippen LogP contribution in [0.1, 0.15) is 102 Å². The van der Waals surface area contributed by atoms with E-state index in [-0.39, 0.29) is 63.1 Å². The van der Waals surface area contributed by atoms with Gasteiger partial charge in [-0.25, -0.2) is 8.42 Å². The molecule has 7 heteroatoms. The molecule has 0 aliphatic heterocycles. The van der Waals surface area contributed by atoms with E-state index in [1.165, 1.54) is 63.9 Å². The molecule has 28 heavy (non-hydrogen) atoms. The molecule has 0 saturated heterocycles. The maximum Gasteiger partial charge on any atom is 1.00 e. The van der Waals surface area contributed by atoms with Crippen LogP contribution < -0.4 is 51.4 Å². The van der Waals surface area contributed by atoms with Crippen molar-refractivity contribution >= 4 is 10.1 Å². The van der Waals surface area contributed by atoms with E-state index < -0.39 is 20.8 Å². The summed E-state index contributed by atoms with van der Waals surface area (Å²) in [4.78, 5) is -0.773. The van der Waals surface area contributed by atoms with Crippen molar-refractivity contribution in [3.8, 4) is 11.5 Å². The van der Waals surface area contributed by atoms with Crippen LogP contribution in [0.5, 0.6) is 11.5 Å². The monoisotopic (exact) mass is 438 g/mol. The SMILES string of the molecule is CCCCCCCCCCCCCC(C)c1cc(O)c(S(=O)(=O)[O-])cc1O.[K+]. The van der Waals surface area contributed by atoms with Crippen molar-refractivity contribution in [2.75, 3.05) is 0 Å². The fourth-order valence-electron chi connectivity index (χ4n) is 3.44. The van der Waals surface area contributed by atoms with Gasteiger partial charge in [0, 0.05) is 11.6 Å². The van der Waals surface area contributed by atoms with Crippen LogP contribution in [0.3, 0.4) is 0 Å². The zero-order valence-corrected chi connectivity index (χ0v) is 21.7. The number of hydrogen-bond donors (Lipinski definition) is 2. The summed E-state index contributed by atoms with van der Waals surface area (Å²) in [5.74, 6) is -0.862. The van der Waals surface area contributed by atoms with Crippen molar-refractivity contribution in [3.05, 3.63) is 17.7 Å². The Hall–Kier alpha value is 0.366. The molecule has 0 bridgehead atoms. The Morgan fingerprint density at radius 1 is 0.857 bits per heavy atom. The number of hydrogen-bond acceptors (Lipinski definition) is 5. The molecule has 1 rings (SSSR count). The maximum atomic E-state index is 11.0. The van der Waals surface area contributed by atoms with Gasteiger partial charge in [-0.2, -0.15) is 0 Å². The predicted octanol–water partition coefficient (Wildman–Crippen LogP) is 2.81. The fourth-order valence-corrected chi connectivity index (χ4v) is 4.01. The molecule has 0 heterocycles. The number of aromatic hydroxyl groups is 2. The van der Waals surface area contributed by atoms with Gasteiger partial charge in [-0.1, -0.05) is 84.5 Å². The molecular weight excluding hydrogens is 403 g/mol. The molecule has 1 aromatic carbocycles. The Kier molecular flexibility index (Phi) is 15.4. The van der Waals surface area contributed by atoms with Crippen molar-refractivity contribution < 1.29 is 74.6 Å².